The number of rotatable bonds is 6. The monoisotopic (exact) mass is 379 g/mol. The van der Waals surface area contributed by atoms with Crippen LogP contribution in [0.1, 0.15) is 16.1 Å². The Bertz CT molecular complexity index is 1110. The first-order chi connectivity index (χ1) is 14.2. The van der Waals surface area contributed by atoms with Gasteiger partial charge in [0.15, 0.2) is 6.54 Å². The van der Waals surface area contributed by atoms with Crippen LogP contribution in [-0.2, 0) is 13.0 Å². The number of hydrogen-bond acceptors (Lipinski definition) is 2. The molecule has 4 rings (SSSR count). The summed E-state index contributed by atoms with van der Waals surface area (Å²) in [5, 5.41) is 12.1. The summed E-state index contributed by atoms with van der Waals surface area (Å²) in [6.45, 7) is 0.548. The van der Waals surface area contributed by atoms with Crippen molar-refractivity contribution in [3.63, 3.8) is 0 Å². The number of nitrogens with zero attached hydrogens (tertiary/aromatic N) is 1. The van der Waals surface area contributed by atoms with Crippen LogP contribution in [0.5, 0.6) is 0 Å². The summed E-state index contributed by atoms with van der Waals surface area (Å²) >= 11 is 0. The summed E-state index contributed by atoms with van der Waals surface area (Å²) in [5.41, 5.74) is 5.02. The number of carbonyl (C=O) groups is 1. The van der Waals surface area contributed by atoms with Gasteiger partial charge in [-0.1, -0.05) is 78.9 Å². The number of aromatic carboxylic acids is 1. The van der Waals surface area contributed by atoms with Crippen molar-refractivity contribution in [2.75, 3.05) is 0 Å². The Balaban J connectivity index is 1.86. The van der Waals surface area contributed by atoms with Gasteiger partial charge in [-0.2, -0.15) is 4.57 Å². The summed E-state index contributed by atoms with van der Waals surface area (Å²) in [5.74, 6) is -1.17. The lowest BCUT2D eigenvalue weighted by molar-refractivity contribution is -0.689. The molecule has 0 aliphatic rings. The van der Waals surface area contributed by atoms with Crippen LogP contribution in [0.4, 0.5) is 0 Å². The normalized spacial score (nSPS) is 10.6. The van der Waals surface area contributed by atoms with Gasteiger partial charge < -0.3 is 9.90 Å². The molecule has 0 aliphatic carbocycles. The lowest BCUT2D eigenvalue weighted by Gasteiger charge is -2.13. The Morgan fingerprint density at radius 3 is 1.83 bits per heavy atom. The summed E-state index contributed by atoms with van der Waals surface area (Å²) in [4.78, 5) is 12.1. The van der Waals surface area contributed by atoms with Crippen LogP contribution in [0.15, 0.2) is 103 Å². The minimum Gasteiger partial charge on any atom is -0.539 e. The fourth-order valence-corrected chi connectivity index (χ4v) is 3.56. The van der Waals surface area contributed by atoms with Crippen LogP contribution >= 0.6 is 0 Å². The molecule has 0 spiro atoms. The first-order valence-electron chi connectivity index (χ1n) is 9.66. The number of pyridine rings is 1. The third kappa shape index (κ3) is 4.25. The number of aryl methyl sites for hydroxylation is 1. The minimum absolute atomic E-state index is 0.182. The summed E-state index contributed by atoms with van der Waals surface area (Å²) in [7, 11) is 0. The Morgan fingerprint density at radius 2 is 1.24 bits per heavy atom. The molecule has 0 N–H and O–H groups in total. The molecule has 29 heavy (non-hydrogen) atoms. The SMILES string of the molecule is O=C([O-])c1cc(-c2ccccc2)cc(-c2ccccc2)[n+]1CCc1ccccc1. The van der Waals surface area contributed by atoms with E-state index in [0.29, 0.717) is 6.54 Å². The molecule has 3 aromatic carbocycles. The average molecular weight is 379 g/mol. The average Bonchev–Trinajstić information content (AvgIpc) is 2.79. The summed E-state index contributed by atoms with van der Waals surface area (Å²) in [6, 6.07) is 33.6. The predicted molar refractivity (Wildman–Crippen MR) is 112 cm³/mol. The molecule has 142 valence electrons. The van der Waals surface area contributed by atoms with Crippen LogP contribution in [0.2, 0.25) is 0 Å². The third-order valence-electron chi connectivity index (χ3n) is 5.02. The highest BCUT2D eigenvalue weighted by molar-refractivity contribution is 5.85. The maximum atomic E-state index is 12.1. The van der Waals surface area contributed by atoms with E-state index in [0.717, 1.165) is 34.4 Å². The zero-order valence-corrected chi connectivity index (χ0v) is 16.0. The lowest BCUT2D eigenvalue weighted by atomic mass is 10.0. The number of carboxylic acid groups (broad SMARTS) is 1. The Labute approximate surface area is 170 Å². The van der Waals surface area contributed by atoms with Gasteiger partial charge in [0.1, 0.15) is 5.97 Å². The van der Waals surface area contributed by atoms with Crippen molar-refractivity contribution in [2.24, 2.45) is 0 Å². The standard InChI is InChI=1S/C26H21NO2/c28-26(29)25-19-23(21-12-6-2-7-13-21)18-24(22-14-8-3-9-15-22)27(25)17-16-20-10-4-1-5-11-20/h1-15,18-19H,16-17H2. The van der Waals surface area contributed by atoms with E-state index >= 15 is 0 Å². The van der Waals surface area contributed by atoms with Crippen molar-refractivity contribution in [2.45, 2.75) is 13.0 Å². The highest BCUT2D eigenvalue weighted by atomic mass is 16.4. The van der Waals surface area contributed by atoms with Crippen molar-refractivity contribution >= 4 is 5.97 Å². The van der Waals surface area contributed by atoms with Crippen LogP contribution in [0.25, 0.3) is 22.4 Å². The van der Waals surface area contributed by atoms with Gasteiger partial charge in [-0.05, 0) is 28.8 Å². The Kier molecular flexibility index (Phi) is 5.48. The van der Waals surface area contributed by atoms with Crippen molar-refractivity contribution in [3.8, 4) is 22.4 Å². The van der Waals surface area contributed by atoms with Crippen LogP contribution in [-0.4, -0.2) is 5.97 Å². The Hall–Kier alpha value is -3.72. The number of hydrogen-bond donors (Lipinski definition) is 0. The van der Waals surface area contributed by atoms with E-state index in [2.05, 4.69) is 18.2 Å². The second-order valence-corrected chi connectivity index (χ2v) is 6.92. The smallest absolute Gasteiger partial charge is 0.229 e. The zero-order valence-electron chi connectivity index (χ0n) is 16.0. The quantitative estimate of drug-likeness (QED) is 0.477. The van der Waals surface area contributed by atoms with E-state index in [1.807, 2.05) is 83.4 Å². The largest absolute Gasteiger partial charge is 0.539 e. The fourth-order valence-electron chi connectivity index (χ4n) is 3.56. The topological polar surface area (TPSA) is 44.0 Å². The molecule has 4 aromatic rings. The number of benzene rings is 3. The molecule has 0 amide bonds. The van der Waals surface area contributed by atoms with Crippen LogP contribution in [0.3, 0.4) is 0 Å². The minimum atomic E-state index is -1.17. The molecular weight excluding hydrogens is 358 g/mol. The van der Waals surface area contributed by atoms with Crippen molar-refractivity contribution in [1.82, 2.24) is 0 Å². The van der Waals surface area contributed by atoms with Crippen molar-refractivity contribution in [1.29, 1.82) is 0 Å². The summed E-state index contributed by atoms with van der Waals surface area (Å²) in [6.07, 6.45) is 0.732. The molecular formula is C26H21NO2. The second kappa shape index (κ2) is 8.53. The number of carboxylic acids is 1. The first-order valence-corrected chi connectivity index (χ1v) is 9.66. The van der Waals surface area contributed by atoms with Crippen LogP contribution in [0, 0.1) is 0 Å². The van der Waals surface area contributed by atoms with E-state index in [1.54, 1.807) is 6.07 Å². The summed E-state index contributed by atoms with van der Waals surface area (Å²) < 4.78 is 1.85. The highest BCUT2D eigenvalue weighted by Gasteiger charge is 2.22. The molecule has 1 aromatic heterocycles. The predicted octanol–water partition coefficient (Wildman–Crippen LogP) is 3.91. The van der Waals surface area contributed by atoms with Gasteiger partial charge in [0, 0.05) is 24.1 Å². The third-order valence-corrected chi connectivity index (χ3v) is 5.02. The van der Waals surface area contributed by atoms with Gasteiger partial charge in [-0.3, -0.25) is 0 Å². The van der Waals surface area contributed by atoms with Gasteiger partial charge in [0.2, 0.25) is 11.4 Å². The Morgan fingerprint density at radius 1 is 0.690 bits per heavy atom. The van der Waals surface area contributed by atoms with Gasteiger partial charge in [0.05, 0.1) is 0 Å². The molecule has 0 atom stereocenters. The fraction of sp³-hybridized carbons (Fsp3) is 0.0769. The molecule has 1 heterocycles. The number of carbonyl (C=O) groups excluding carboxylic acids is 1. The van der Waals surface area contributed by atoms with E-state index < -0.39 is 5.97 Å². The molecule has 0 bridgehead atoms. The molecule has 0 saturated heterocycles. The van der Waals surface area contributed by atoms with Crippen molar-refractivity contribution in [3.05, 3.63) is 114 Å². The van der Waals surface area contributed by atoms with Gasteiger partial charge in [-0.15, -0.1) is 0 Å². The maximum absolute atomic E-state index is 12.1. The molecule has 0 saturated carbocycles. The van der Waals surface area contributed by atoms with Gasteiger partial charge in [-0.25, -0.2) is 0 Å². The molecule has 3 nitrogen and oxygen atoms in total. The van der Waals surface area contributed by atoms with E-state index in [1.165, 1.54) is 0 Å². The zero-order chi connectivity index (χ0) is 20.1. The molecule has 0 aliphatic heterocycles. The molecule has 0 radical (unpaired) electrons. The van der Waals surface area contributed by atoms with E-state index in [-0.39, 0.29) is 5.69 Å². The lowest BCUT2D eigenvalue weighted by Crippen LogP contribution is -2.47. The molecule has 3 heteroatoms. The van der Waals surface area contributed by atoms with E-state index in [4.69, 9.17) is 0 Å². The number of aromatic nitrogens is 1. The molecule has 0 unspecified atom stereocenters. The second-order valence-electron chi connectivity index (χ2n) is 6.92. The first kappa shape index (κ1) is 18.6. The van der Waals surface area contributed by atoms with Gasteiger partial charge in [0.25, 0.3) is 0 Å². The van der Waals surface area contributed by atoms with Gasteiger partial charge >= 0.3 is 0 Å². The molecule has 0 fully saturated rings. The van der Waals surface area contributed by atoms with E-state index in [9.17, 15) is 9.90 Å². The van der Waals surface area contributed by atoms with Crippen LogP contribution < -0.4 is 9.67 Å². The van der Waals surface area contributed by atoms with Crippen molar-refractivity contribution < 1.29 is 14.5 Å². The highest BCUT2D eigenvalue weighted by Crippen LogP contribution is 2.25. The maximum Gasteiger partial charge on any atom is 0.229 e.